The summed E-state index contributed by atoms with van der Waals surface area (Å²) in [6, 6.07) is 12.9. The average Bonchev–Trinajstić information content (AvgIpc) is 2.91. The Hall–Kier alpha value is -2.33. The van der Waals surface area contributed by atoms with Crippen molar-refractivity contribution in [1.29, 1.82) is 0 Å². The number of amides is 1. The number of benzene rings is 1. The van der Waals surface area contributed by atoms with Crippen LogP contribution in [0.1, 0.15) is 36.5 Å². The summed E-state index contributed by atoms with van der Waals surface area (Å²) in [6.07, 6.45) is 2.93. The Bertz CT molecular complexity index is 631. The first kappa shape index (κ1) is 16.0. The summed E-state index contributed by atoms with van der Waals surface area (Å²) in [4.78, 5) is 11.8. The molecule has 22 heavy (non-hydrogen) atoms. The molecule has 0 aliphatic rings. The summed E-state index contributed by atoms with van der Waals surface area (Å²) in [7, 11) is 0. The molecule has 2 unspecified atom stereocenters. The third-order valence-corrected chi connectivity index (χ3v) is 3.31. The Morgan fingerprint density at radius 1 is 1.27 bits per heavy atom. The zero-order chi connectivity index (χ0) is 15.9. The van der Waals surface area contributed by atoms with Gasteiger partial charge in [0, 0.05) is 12.1 Å². The Labute approximate surface area is 130 Å². The summed E-state index contributed by atoms with van der Waals surface area (Å²) in [5, 5.41) is 13.0. The first-order valence-electron chi connectivity index (χ1n) is 7.32. The van der Waals surface area contributed by atoms with Crippen LogP contribution in [0.3, 0.4) is 0 Å². The molecule has 116 valence electrons. The van der Waals surface area contributed by atoms with Crippen molar-refractivity contribution in [2.45, 2.75) is 32.4 Å². The number of aliphatic hydroxyl groups excluding tert-OH is 1. The number of nitrogens with one attached hydrogen (secondary N) is 1. The standard InChI is InChI=1S/C18H21NO3/c1-13(12-17(20)15-6-4-3-5-7-15)19-18(21)11-10-16-9-8-14(2)22-16/h3-11,13,17,20H,12H2,1-2H3,(H,19,21)/b11-10+. The van der Waals surface area contributed by atoms with E-state index in [4.69, 9.17) is 4.42 Å². The Kier molecular flexibility index (Phi) is 5.55. The number of aryl methyl sites for hydroxylation is 1. The molecule has 0 fully saturated rings. The van der Waals surface area contributed by atoms with Crippen LogP contribution >= 0.6 is 0 Å². The highest BCUT2D eigenvalue weighted by Crippen LogP contribution is 2.17. The molecule has 0 bridgehead atoms. The number of rotatable bonds is 6. The van der Waals surface area contributed by atoms with Crippen molar-refractivity contribution in [3.8, 4) is 0 Å². The highest BCUT2D eigenvalue weighted by atomic mass is 16.3. The second-order valence-corrected chi connectivity index (χ2v) is 5.35. The minimum atomic E-state index is -0.590. The van der Waals surface area contributed by atoms with Crippen LogP contribution in [0.2, 0.25) is 0 Å². The van der Waals surface area contributed by atoms with E-state index in [2.05, 4.69) is 5.32 Å². The third-order valence-electron chi connectivity index (χ3n) is 3.31. The molecule has 0 radical (unpaired) electrons. The van der Waals surface area contributed by atoms with Crippen LogP contribution < -0.4 is 5.32 Å². The summed E-state index contributed by atoms with van der Waals surface area (Å²) in [5.41, 5.74) is 0.852. The van der Waals surface area contributed by atoms with E-state index in [1.165, 1.54) is 6.08 Å². The monoisotopic (exact) mass is 299 g/mol. The summed E-state index contributed by atoms with van der Waals surface area (Å²) >= 11 is 0. The molecule has 2 rings (SSSR count). The predicted octanol–water partition coefficient (Wildman–Crippen LogP) is 3.23. The van der Waals surface area contributed by atoms with Gasteiger partial charge in [0.15, 0.2) is 0 Å². The van der Waals surface area contributed by atoms with Gasteiger partial charge in [0.25, 0.3) is 0 Å². The fraction of sp³-hybridized carbons (Fsp3) is 0.278. The lowest BCUT2D eigenvalue weighted by Gasteiger charge is -2.17. The number of carbonyl (C=O) groups excluding carboxylic acids is 1. The molecule has 1 amide bonds. The maximum atomic E-state index is 11.8. The quantitative estimate of drug-likeness (QED) is 0.805. The van der Waals surface area contributed by atoms with Gasteiger partial charge < -0.3 is 14.8 Å². The molecular formula is C18H21NO3. The van der Waals surface area contributed by atoms with Crippen molar-refractivity contribution < 1.29 is 14.3 Å². The smallest absolute Gasteiger partial charge is 0.244 e. The van der Waals surface area contributed by atoms with Crippen LogP contribution in [-0.4, -0.2) is 17.1 Å². The lowest BCUT2D eigenvalue weighted by Crippen LogP contribution is -2.32. The lowest BCUT2D eigenvalue weighted by molar-refractivity contribution is -0.117. The first-order chi connectivity index (χ1) is 10.5. The van der Waals surface area contributed by atoms with Gasteiger partial charge in [0.05, 0.1) is 6.10 Å². The highest BCUT2D eigenvalue weighted by molar-refractivity contribution is 5.91. The van der Waals surface area contributed by atoms with Gasteiger partial charge in [-0.1, -0.05) is 30.3 Å². The maximum Gasteiger partial charge on any atom is 0.244 e. The number of furan rings is 1. The van der Waals surface area contributed by atoms with Crippen LogP contribution in [-0.2, 0) is 4.79 Å². The molecule has 2 N–H and O–H groups in total. The number of hydrogen-bond acceptors (Lipinski definition) is 3. The van der Waals surface area contributed by atoms with Crippen molar-refractivity contribution in [2.24, 2.45) is 0 Å². The van der Waals surface area contributed by atoms with Crippen molar-refractivity contribution in [3.05, 3.63) is 65.6 Å². The van der Waals surface area contributed by atoms with Crippen molar-refractivity contribution in [3.63, 3.8) is 0 Å². The largest absolute Gasteiger partial charge is 0.462 e. The van der Waals surface area contributed by atoms with E-state index in [0.29, 0.717) is 12.2 Å². The van der Waals surface area contributed by atoms with Crippen molar-refractivity contribution in [2.75, 3.05) is 0 Å². The zero-order valence-corrected chi connectivity index (χ0v) is 12.8. The van der Waals surface area contributed by atoms with Gasteiger partial charge in [-0.2, -0.15) is 0 Å². The minimum Gasteiger partial charge on any atom is -0.462 e. The summed E-state index contributed by atoms with van der Waals surface area (Å²) in [5.74, 6) is 1.24. The molecular weight excluding hydrogens is 278 g/mol. The molecule has 0 saturated heterocycles. The maximum absolute atomic E-state index is 11.8. The molecule has 4 heteroatoms. The third kappa shape index (κ3) is 4.90. The van der Waals surface area contributed by atoms with E-state index in [-0.39, 0.29) is 11.9 Å². The molecule has 2 atom stereocenters. The van der Waals surface area contributed by atoms with Gasteiger partial charge in [-0.05, 0) is 44.0 Å². The molecule has 0 saturated carbocycles. The van der Waals surface area contributed by atoms with E-state index in [1.54, 1.807) is 6.08 Å². The zero-order valence-electron chi connectivity index (χ0n) is 12.8. The average molecular weight is 299 g/mol. The lowest BCUT2D eigenvalue weighted by atomic mass is 10.0. The molecule has 4 nitrogen and oxygen atoms in total. The minimum absolute atomic E-state index is 0.134. The number of carbonyl (C=O) groups is 1. The molecule has 1 heterocycles. The number of aliphatic hydroxyl groups is 1. The first-order valence-corrected chi connectivity index (χ1v) is 7.32. The van der Waals surface area contributed by atoms with Gasteiger partial charge >= 0.3 is 0 Å². The fourth-order valence-corrected chi connectivity index (χ4v) is 2.20. The van der Waals surface area contributed by atoms with E-state index in [1.807, 2.05) is 56.3 Å². The number of hydrogen-bond donors (Lipinski definition) is 2. The van der Waals surface area contributed by atoms with Crippen LogP contribution in [0.15, 0.2) is 53.0 Å². The Morgan fingerprint density at radius 2 is 2.00 bits per heavy atom. The van der Waals surface area contributed by atoms with Gasteiger partial charge in [-0.25, -0.2) is 0 Å². The van der Waals surface area contributed by atoms with Crippen LogP contribution in [0.25, 0.3) is 6.08 Å². The van der Waals surface area contributed by atoms with E-state index < -0.39 is 6.10 Å². The van der Waals surface area contributed by atoms with Gasteiger partial charge in [0.1, 0.15) is 11.5 Å². The highest BCUT2D eigenvalue weighted by Gasteiger charge is 2.13. The second-order valence-electron chi connectivity index (χ2n) is 5.35. The van der Waals surface area contributed by atoms with Crippen LogP contribution in [0.4, 0.5) is 0 Å². The predicted molar refractivity (Wildman–Crippen MR) is 86.1 cm³/mol. The summed E-state index contributed by atoms with van der Waals surface area (Å²) < 4.78 is 5.35. The van der Waals surface area contributed by atoms with E-state index in [0.717, 1.165) is 11.3 Å². The van der Waals surface area contributed by atoms with Crippen molar-refractivity contribution >= 4 is 12.0 Å². The molecule has 0 aliphatic heterocycles. The van der Waals surface area contributed by atoms with Gasteiger partial charge in [-0.3, -0.25) is 4.79 Å². The fourth-order valence-electron chi connectivity index (χ4n) is 2.20. The SMILES string of the molecule is Cc1ccc(/C=C/C(=O)NC(C)CC(O)c2ccccc2)o1. The topological polar surface area (TPSA) is 62.5 Å². The van der Waals surface area contributed by atoms with E-state index in [9.17, 15) is 9.90 Å². The molecule has 1 aromatic carbocycles. The van der Waals surface area contributed by atoms with Crippen LogP contribution in [0.5, 0.6) is 0 Å². The Morgan fingerprint density at radius 3 is 2.64 bits per heavy atom. The summed E-state index contributed by atoms with van der Waals surface area (Å²) in [6.45, 7) is 3.72. The molecule has 0 aliphatic carbocycles. The second kappa shape index (κ2) is 7.61. The normalized spacial score (nSPS) is 14.0. The molecule has 1 aromatic heterocycles. The molecule has 2 aromatic rings. The Balaban J connectivity index is 1.82. The molecule has 0 spiro atoms. The van der Waals surface area contributed by atoms with Gasteiger partial charge in [0.2, 0.25) is 5.91 Å². The van der Waals surface area contributed by atoms with Gasteiger partial charge in [-0.15, -0.1) is 0 Å². The van der Waals surface area contributed by atoms with Crippen LogP contribution in [0, 0.1) is 6.92 Å². The van der Waals surface area contributed by atoms with Crippen molar-refractivity contribution in [1.82, 2.24) is 5.32 Å². The van der Waals surface area contributed by atoms with E-state index >= 15 is 0 Å².